The maximum atomic E-state index is 14.2. The molecule has 2 N–H and O–H groups in total. The predicted molar refractivity (Wildman–Crippen MR) is 98.2 cm³/mol. The average molecular weight is 348 g/mol. The van der Waals surface area contributed by atoms with Crippen molar-refractivity contribution in [3.8, 4) is 11.1 Å². The van der Waals surface area contributed by atoms with Crippen molar-refractivity contribution >= 4 is 16.8 Å². The van der Waals surface area contributed by atoms with Crippen molar-refractivity contribution in [2.24, 2.45) is 12.8 Å². The molecule has 2 heterocycles. The number of benzene rings is 2. The molecule has 0 atom stereocenters. The summed E-state index contributed by atoms with van der Waals surface area (Å²) < 4.78 is 17.8. The summed E-state index contributed by atoms with van der Waals surface area (Å²) in [4.78, 5) is 11.7. The Morgan fingerprint density at radius 1 is 1.12 bits per heavy atom. The Morgan fingerprint density at radius 2 is 1.88 bits per heavy atom. The Kier molecular flexibility index (Phi) is 3.80. The Labute approximate surface area is 149 Å². The molecule has 130 valence electrons. The molecule has 0 aliphatic rings. The topological polar surface area (TPSA) is 65.8 Å². The van der Waals surface area contributed by atoms with Crippen LogP contribution in [0.15, 0.2) is 61.1 Å². The number of fused-ring (bicyclic) bond motifs is 1. The van der Waals surface area contributed by atoms with Gasteiger partial charge < -0.3 is 10.3 Å². The standard InChI is InChI=1S/C20H17FN4O/c1-24-11-15(9-23-24)14-7-5-13(6-8-14)10-25-12-16(20(22)26)19-17(21)3-2-4-18(19)25/h2-9,11-12H,10H2,1H3,(H2,22,26). The van der Waals surface area contributed by atoms with Crippen LogP contribution in [0.1, 0.15) is 15.9 Å². The summed E-state index contributed by atoms with van der Waals surface area (Å²) in [5, 5.41) is 4.45. The first kappa shape index (κ1) is 16.1. The molecule has 4 rings (SSSR count). The second-order valence-corrected chi connectivity index (χ2v) is 6.27. The zero-order valence-corrected chi connectivity index (χ0v) is 14.2. The smallest absolute Gasteiger partial charge is 0.250 e. The van der Waals surface area contributed by atoms with Crippen LogP contribution >= 0.6 is 0 Å². The lowest BCUT2D eigenvalue weighted by atomic mass is 10.1. The van der Waals surface area contributed by atoms with E-state index in [0.29, 0.717) is 12.1 Å². The Morgan fingerprint density at radius 3 is 2.54 bits per heavy atom. The number of hydrogen-bond acceptors (Lipinski definition) is 2. The summed E-state index contributed by atoms with van der Waals surface area (Å²) in [5.41, 5.74) is 9.42. The van der Waals surface area contributed by atoms with E-state index in [1.165, 1.54) is 6.07 Å². The largest absolute Gasteiger partial charge is 0.366 e. The van der Waals surface area contributed by atoms with Crippen molar-refractivity contribution in [1.29, 1.82) is 0 Å². The average Bonchev–Trinajstić information content (AvgIpc) is 3.21. The van der Waals surface area contributed by atoms with E-state index in [9.17, 15) is 9.18 Å². The van der Waals surface area contributed by atoms with E-state index >= 15 is 0 Å². The van der Waals surface area contributed by atoms with Gasteiger partial charge in [-0.2, -0.15) is 5.10 Å². The van der Waals surface area contributed by atoms with Gasteiger partial charge >= 0.3 is 0 Å². The number of primary amides is 1. The summed E-state index contributed by atoms with van der Waals surface area (Å²) in [7, 11) is 1.88. The second-order valence-electron chi connectivity index (χ2n) is 6.27. The zero-order valence-electron chi connectivity index (χ0n) is 14.2. The van der Waals surface area contributed by atoms with Crippen molar-refractivity contribution in [1.82, 2.24) is 14.3 Å². The monoisotopic (exact) mass is 348 g/mol. The van der Waals surface area contributed by atoms with Gasteiger partial charge in [-0.25, -0.2) is 4.39 Å². The number of halogens is 1. The molecule has 4 aromatic rings. The first-order valence-electron chi connectivity index (χ1n) is 8.18. The lowest BCUT2D eigenvalue weighted by molar-refractivity contribution is 0.100. The fourth-order valence-electron chi connectivity index (χ4n) is 3.20. The lowest BCUT2D eigenvalue weighted by Gasteiger charge is -2.07. The van der Waals surface area contributed by atoms with Crippen LogP contribution in [-0.4, -0.2) is 20.3 Å². The minimum Gasteiger partial charge on any atom is -0.366 e. The van der Waals surface area contributed by atoms with Gasteiger partial charge in [0.25, 0.3) is 5.91 Å². The van der Waals surface area contributed by atoms with Gasteiger partial charge in [0.05, 0.1) is 17.3 Å². The van der Waals surface area contributed by atoms with Gasteiger partial charge in [-0.1, -0.05) is 30.3 Å². The van der Waals surface area contributed by atoms with Crippen LogP contribution in [0.5, 0.6) is 0 Å². The molecule has 5 nitrogen and oxygen atoms in total. The molecular weight excluding hydrogens is 331 g/mol. The summed E-state index contributed by atoms with van der Waals surface area (Å²) in [6, 6.07) is 12.8. The molecule has 0 fully saturated rings. The van der Waals surface area contributed by atoms with Crippen molar-refractivity contribution < 1.29 is 9.18 Å². The number of amides is 1. The van der Waals surface area contributed by atoms with E-state index in [4.69, 9.17) is 5.73 Å². The SMILES string of the molecule is Cn1cc(-c2ccc(Cn3cc(C(N)=O)c4c(F)cccc43)cc2)cn1. The van der Waals surface area contributed by atoms with Crippen LogP contribution < -0.4 is 5.73 Å². The third-order valence-electron chi connectivity index (χ3n) is 4.47. The molecule has 26 heavy (non-hydrogen) atoms. The minimum atomic E-state index is -0.634. The summed E-state index contributed by atoms with van der Waals surface area (Å²) in [6.45, 7) is 0.514. The van der Waals surface area contributed by atoms with Crippen LogP contribution in [-0.2, 0) is 13.6 Å². The van der Waals surface area contributed by atoms with E-state index in [1.807, 2.05) is 48.3 Å². The predicted octanol–water partition coefficient (Wildman–Crippen LogP) is 3.33. The van der Waals surface area contributed by atoms with Crippen LogP contribution in [0.4, 0.5) is 4.39 Å². The molecular formula is C20H17FN4O. The number of hydrogen-bond donors (Lipinski definition) is 1. The summed E-state index contributed by atoms with van der Waals surface area (Å²) in [5.74, 6) is -1.08. The van der Waals surface area contributed by atoms with Gasteiger partial charge in [0, 0.05) is 36.9 Å². The highest BCUT2D eigenvalue weighted by atomic mass is 19.1. The second kappa shape index (κ2) is 6.15. The van der Waals surface area contributed by atoms with E-state index in [2.05, 4.69) is 5.10 Å². The zero-order chi connectivity index (χ0) is 18.3. The molecule has 0 saturated heterocycles. The fraction of sp³-hybridized carbons (Fsp3) is 0.100. The highest BCUT2D eigenvalue weighted by Crippen LogP contribution is 2.26. The van der Waals surface area contributed by atoms with Gasteiger partial charge in [0.1, 0.15) is 5.82 Å². The van der Waals surface area contributed by atoms with Crippen LogP contribution in [0, 0.1) is 5.82 Å². The molecule has 0 saturated carbocycles. The Hall–Kier alpha value is -3.41. The van der Waals surface area contributed by atoms with E-state index in [-0.39, 0.29) is 10.9 Å². The van der Waals surface area contributed by atoms with Gasteiger partial charge in [0.15, 0.2) is 0 Å². The van der Waals surface area contributed by atoms with Gasteiger partial charge in [0.2, 0.25) is 0 Å². The molecule has 0 aliphatic heterocycles. The van der Waals surface area contributed by atoms with Crippen molar-refractivity contribution in [3.63, 3.8) is 0 Å². The van der Waals surface area contributed by atoms with Gasteiger partial charge in [-0.05, 0) is 23.3 Å². The molecule has 0 radical (unpaired) electrons. The number of aromatic nitrogens is 3. The molecule has 0 spiro atoms. The van der Waals surface area contributed by atoms with Crippen molar-refractivity contribution in [3.05, 3.63) is 78.0 Å². The molecule has 0 unspecified atom stereocenters. The van der Waals surface area contributed by atoms with E-state index in [0.717, 1.165) is 16.7 Å². The fourth-order valence-corrected chi connectivity index (χ4v) is 3.20. The van der Waals surface area contributed by atoms with E-state index < -0.39 is 11.7 Å². The third-order valence-corrected chi connectivity index (χ3v) is 4.47. The molecule has 0 aliphatic carbocycles. The molecule has 6 heteroatoms. The lowest BCUT2D eigenvalue weighted by Crippen LogP contribution is -2.10. The van der Waals surface area contributed by atoms with Crippen molar-refractivity contribution in [2.75, 3.05) is 0 Å². The first-order valence-corrected chi connectivity index (χ1v) is 8.18. The number of nitrogens with zero attached hydrogens (tertiary/aromatic N) is 3. The van der Waals surface area contributed by atoms with Crippen LogP contribution in [0.2, 0.25) is 0 Å². The van der Waals surface area contributed by atoms with E-state index in [1.54, 1.807) is 23.0 Å². The summed E-state index contributed by atoms with van der Waals surface area (Å²) >= 11 is 0. The van der Waals surface area contributed by atoms with Crippen LogP contribution in [0.25, 0.3) is 22.0 Å². The van der Waals surface area contributed by atoms with Gasteiger partial charge in [-0.3, -0.25) is 9.48 Å². The Bertz CT molecular complexity index is 1110. The minimum absolute atomic E-state index is 0.199. The number of nitrogens with two attached hydrogens (primary N) is 1. The number of carbonyl (C=O) groups excluding carboxylic acids is 1. The van der Waals surface area contributed by atoms with Crippen molar-refractivity contribution in [2.45, 2.75) is 6.54 Å². The number of aryl methyl sites for hydroxylation is 1. The molecule has 2 aromatic carbocycles. The highest BCUT2D eigenvalue weighted by Gasteiger charge is 2.16. The molecule has 1 amide bonds. The normalized spacial score (nSPS) is 11.2. The first-order chi connectivity index (χ1) is 12.5. The Balaban J connectivity index is 1.69. The quantitative estimate of drug-likeness (QED) is 0.615. The van der Waals surface area contributed by atoms with Gasteiger partial charge in [-0.15, -0.1) is 0 Å². The summed E-state index contributed by atoms with van der Waals surface area (Å²) in [6.07, 6.45) is 5.39. The van der Waals surface area contributed by atoms with Crippen LogP contribution in [0.3, 0.4) is 0 Å². The highest BCUT2D eigenvalue weighted by molar-refractivity contribution is 6.06. The number of rotatable bonds is 4. The maximum Gasteiger partial charge on any atom is 0.250 e. The molecule has 0 bridgehead atoms. The molecule has 2 aromatic heterocycles. The number of carbonyl (C=O) groups is 1. The third kappa shape index (κ3) is 2.75. The maximum absolute atomic E-state index is 14.2.